The van der Waals surface area contributed by atoms with Gasteiger partial charge in [0.05, 0.1) is 40.7 Å². The Bertz CT molecular complexity index is 1060. The average Bonchev–Trinajstić information content (AvgIpc) is 3.24. The van der Waals surface area contributed by atoms with E-state index in [0.717, 1.165) is 0 Å². The summed E-state index contributed by atoms with van der Waals surface area (Å²) >= 11 is 6.11. The molecule has 0 aliphatic carbocycles. The number of carbonyl (C=O) groups excluding carboxylic acids is 2. The number of H-pyrrole nitrogens is 1. The number of nitrogens with one attached hydrogen (secondary N) is 2. The summed E-state index contributed by atoms with van der Waals surface area (Å²) in [5.41, 5.74) is 0.956. The van der Waals surface area contributed by atoms with E-state index in [-0.39, 0.29) is 40.2 Å². The van der Waals surface area contributed by atoms with E-state index in [2.05, 4.69) is 15.5 Å². The van der Waals surface area contributed by atoms with E-state index in [1.165, 1.54) is 28.7 Å². The van der Waals surface area contributed by atoms with Gasteiger partial charge in [-0.1, -0.05) is 25.4 Å². The molecule has 2 N–H and O–H groups in total. The number of nitrogens with zero attached hydrogens (tertiary/aromatic N) is 2. The Morgan fingerprint density at radius 2 is 2.03 bits per heavy atom. The maximum Gasteiger partial charge on any atom is 0.342 e. The Balaban J connectivity index is 1.66. The molecule has 1 aromatic heterocycles. The Morgan fingerprint density at radius 3 is 2.71 bits per heavy atom. The number of ether oxygens (including phenoxy) is 2. The Labute approximate surface area is 184 Å². The second-order valence-electron chi connectivity index (χ2n) is 7.13. The largest absolute Gasteiger partial charge is 0.452 e. The van der Waals surface area contributed by atoms with Gasteiger partial charge in [-0.25, -0.2) is 13.2 Å². The summed E-state index contributed by atoms with van der Waals surface area (Å²) < 4.78 is 37.2. The van der Waals surface area contributed by atoms with Crippen LogP contribution in [0.3, 0.4) is 0 Å². The van der Waals surface area contributed by atoms with Crippen LogP contribution in [0.5, 0.6) is 0 Å². The minimum absolute atomic E-state index is 0.00827. The van der Waals surface area contributed by atoms with E-state index < -0.39 is 28.5 Å². The second kappa shape index (κ2) is 9.77. The first-order valence-corrected chi connectivity index (χ1v) is 11.4. The van der Waals surface area contributed by atoms with E-state index >= 15 is 0 Å². The lowest BCUT2D eigenvalue weighted by Gasteiger charge is -2.26. The molecule has 12 heteroatoms. The first kappa shape index (κ1) is 23.2. The van der Waals surface area contributed by atoms with Crippen molar-refractivity contribution in [3.05, 3.63) is 40.7 Å². The summed E-state index contributed by atoms with van der Waals surface area (Å²) in [6.07, 6.45) is 1.34. The van der Waals surface area contributed by atoms with Gasteiger partial charge in [-0.05, 0) is 24.1 Å². The fourth-order valence-electron chi connectivity index (χ4n) is 2.99. The summed E-state index contributed by atoms with van der Waals surface area (Å²) in [6.45, 7) is 4.32. The van der Waals surface area contributed by atoms with Gasteiger partial charge in [0.1, 0.15) is 5.56 Å². The SMILES string of the molecule is CC(C)c1[nH]ncc1C(=O)OCC(=O)Nc1cc(S(=O)(=O)N2CCOCC2)ccc1Cl. The van der Waals surface area contributed by atoms with Crippen LogP contribution in [0.1, 0.15) is 35.8 Å². The molecule has 0 atom stereocenters. The number of aromatic amines is 1. The highest BCUT2D eigenvalue weighted by Crippen LogP contribution is 2.27. The van der Waals surface area contributed by atoms with Gasteiger partial charge < -0.3 is 14.8 Å². The quantitative estimate of drug-likeness (QED) is 0.591. The maximum absolute atomic E-state index is 12.8. The van der Waals surface area contributed by atoms with Crippen LogP contribution in [0.2, 0.25) is 5.02 Å². The van der Waals surface area contributed by atoms with Crippen molar-refractivity contribution >= 4 is 39.2 Å². The van der Waals surface area contributed by atoms with Gasteiger partial charge in [-0.15, -0.1) is 0 Å². The molecule has 0 unspecified atom stereocenters. The molecule has 0 bridgehead atoms. The first-order chi connectivity index (χ1) is 14.7. The number of amides is 1. The lowest BCUT2D eigenvalue weighted by Crippen LogP contribution is -2.40. The number of hydrogen-bond donors (Lipinski definition) is 2. The first-order valence-electron chi connectivity index (χ1n) is 9.58. The number of sulfonamides is 1. The van der Waals surface area contributed by atoms with Crippen molar-refractivity contribution < 1.29 is 27.5 Å². The third-order valence-electron chi connectivity index (χ3n) is 4.62. The zero-order valence-electron chi connectivity index (χ0n) is 17.1. The highest BCUT2D eigenvalue weighted by molar-refractivity contribution is 7.89. The monoisotopic (exact) mass is 470 g/mol. The van der Waals surface area contributed by atoms with Gasteiger partial charge in [0.25, 0.3) is 5.91 Å². The van der Waals surface area contributed by atoms with Crippen molar-refractivity contribution in [3.8, 4) is 0 Å². The molecular formula is C19H23ClN4O6S. The fraction of sp³-hybridized carbons (Fsp3) is 0.421. The van der Waals surface area contributed by atoms with Crippen LogP contribution >= 0.6 is 11.6 Å². The smallest absolute Gasteiger partial charge is 0.342 e. The molecule has 1 aliphatic heterocycles. The minimum Gasteiger partial charge on any atom is -0.452 e. The lowest BCUT2D eigenvalue weighted by atomic mass is 10.1. The standard InChI is InChI=1S/C19H23ClN4O6S/c1-12(2)18-14(10-21-23-18)19(26)30-11-17(25)22-16-9-13(3-4-15(16)20)31(27,28)24-5-7-29-8-6-24/h3-4,9-10,12H,5-8,11H2,1-2H3,(H,21,23)(H,22,25). The molecule has 1 fully saturated rings. The topological polar surface area (TPSA) is 131 Å². The number of benzene rings is 1. The molecule has 2 aromatic rings. The van der Waals surface area contributed by atoms with E-state index in [0.29, 0.717) is 18.9 Å². The van der Waals surface area contributed by atoms with Crippen LogP contribution in [-0.4, -0.2) is 67.7 Å². The van der Waals surface area contributed by atoms with Gasteiger partial charge in [0.15, 0.2) is 6.61 Å². The van der Waals surface area contributed by atoms with Gasteiger partial charge in [-0.2, -0.15) is 9.40 Å². The molecule has 31 heavy (non-hydrogen) atoms. The van der Waals surface area contributed by atoms with Crippen molar-refractivity contribution in [1.82, 2.24) is 14.5 Å². The Hall–Kier alpha value is -2.47. The number of anilines is 1. The third kappa shape index (κ3) is 5.42. The van der Waals surface area contributed by atoms with Gasteiger partial charge in [-0.3, -0.25) is 9.89 Å². The average molecular weight is 471 g/mol. The number of carbonyl (C=O) groups is 2. The third-order valence-corrected chi connectivity index (χ3v) is 6.84. The number of rotatable bonds is 7. The number of esters is 1. The highest BCUT2D eigenvalue weighted by atomic mass is 35.5. The molecule has 168 valence electrons. The van der Waals surface area contributed by atoms with Crippen LogP contribution in [0.4, 0.5) is 5.69 Å². The fourth-order valence-corrected chi connectivity index (χ4v) is 4.59. The molecule has 0 saturated carbocycles. The van der Waals surface area contributed by atoms with Crippen molar-refractivity contribution in [3.63, 3.8) is 0 Å². The maximum atomic E-state index is 12.8. The van der Waals surface area contributed by atoms with Crippen LogP contribution in [0.25, 0.3) is 0 Å². The predicted octanol–water partition coefficient (Wildman–Crippen LogP) is 2.00. The van der Waals surface area contributed by atoms with Gasteiger partial charge in [0, 0.05) is 13.1 Å². The van der Waals surface area contributed by atoms with Crippen LogP contribution in [0, 0.1) is 0 Å². The molecule has 2 heterocycles. The van der Waals surface area contributed by atoms with Crippen LogP contribution in [-0.2, 0) is 24.3 Å². The van der Waals surface area contributed by atoms with Crippen LogP contribution in [0.15, 0.2) is 29.3 Å². The molecule has 1 saturated heterocycles. The lowest BCUT2D eigenvalue weighted by molar-refractivity contribution is -0.119. The zero-order valence-corrected chi connectivity index (χ0v) is 18.6. The Morgan fingerprint density at radius 1 is 1.32 bits per heavy atom. The molecule has 1 aromatic carbocycles. The minimum atomic E-state index is -3.76. The summed E-state index contributed by atoms with van der Waals surface area (Å²) in [7, 11) is -3.76. The molecule has 1 amide bonds. The Kier molecular flexibility index (Phi) is 7.31. The molecule has 0 spiro atoms. The van der Waals surface area contributed by atoms with Gasteiger partial charge >= 0.3 is 5.97 Å². The normalized spacial score (nSPS) is 15.1. The van der Waals surface area contributed by atoms with Crippen molar-refractivity contribution in [2.45, 2.75) is 24.7 Å². The van der Waals surface area contributed by atoms with E-state index in [9.17, 15) is 18.0 Å². The van der Waals surface area contributed by atoms with Gasteiger partial charge in [0.2, 0.25) is 10.0 Å². The molecule has 10 nitrogen and oxygen atoms in total. The molecular weight excluding hydrogens is 448 g/mol. The summed E-state index contributed by atoms with van der Waals surface area (Å²) in [5, 5.41) is 9.20. The summed E-state index contributed by atoms with van der Waals surface area (Å²) in [5.74, 6) is -1.33. The number of halogens is 1. The summed E-state index contributed by atoms with van der Waals surface area (Å²) in [4.78, 5) is 24.5. The number of aromatic nitrogens is 2. The highest BCUT2D eigenvalue weighted by Gasteiger charge is 2.27. The van der Waals surface area contributed by atoms with Crippen molar-refractivity contribution in [2.24, 2.45) is 0 Å². The zero-order chi connectivity index (χ0) is 22.6. The number of hydrogen-bond acceptors (Lipinski definition) is 7. The molecule has 0 radical (unpaired) electrons. The summed E-state index contributed by atoms with van der Waals surface area (Å²) in [6, 6.07) is 4.03. The van der Waals surface area contributed by atoms with Crippen molar-refractivity contribution in [2.75, 3.05) is 38.2 Å². The molecule has 3 rings (SSSR count). The second-order valence-corrected chi connectivity index (χ2v) is 9.48. The number of morpholine rings is 1. The van der Waals surface area contributed by atoms with Crippen LogP contribution < -0.4 is 5.32 Å². The predicted molar refractivity (Wildman–Crippen MR) is 113 cm³/mol. The molecule has 1 aliphatic rings. The van der Waals surface area contributed by atoms with E-state index in [1.807, 2.05) is 13.8 Å². The van der Waals surface area contributed by atoms with Crippen molar-refractivity contribution in [1.29, 1.82) is 0 Å². The van der Waals surface area contributed by atoms with E-state index in [1.54, 1.807) is 0 Å². The van der Waals surface area contributed by atoms with E-state index in [4.69, 9.17) is 21.1 Å².